The summed E-state index contributed by atoms with van der Waals surface area (Å²) in [5.74, 6) is -1.03. The molecule has 1 unspecified atom stereocenters. The number of unbranched alkanes of at least 4 members (excludes halogenated alkanes) is 14. The fraction of sp³-hybridized carbons (Fsp3) is 0.750. The van der Waals surface area contributed by atoms with Crippen LogP contribution in [0.4, 0.5) is 0 Å². The Hall–Kier alpha value is -2.07. The molecule has 0 aliphatic carbocycles. The van der Waals surface area contributed by atoms with E-state index < -0.39 is 38.6 Å². The summed E-state index contributed by atoms with van der Waals surface area (Å²) in [6.07, 6.45) is 36.0. The average molecular weight is 742 g/mol. The molecule has 51 heavy (non-hydrogen) atoms. The minimum absolute atomic E-state index is 0.0271. The van der Waals surface area contributed by atoms with Crippen LogP contribution < -0.4 is 5.73 Å². The zero-order chi connectivity index (χ0) is 37.7. The molecule has 0 radical (unpaired) electrons. The summed E-state index contributed by atoms with van der Waals surface area (Å²) in [6.45, 7) is 3.46. The van der Waals surface area contributed by atoms with Gasteiger partial charge in [-0.3, -0.25) is 18.6 Å². The molecular formula is C40H72NO9P. The van der Waals surface area contributed by atoms with Gasteiger partial charge in [-0.1, -0.05) is 146 Å². The quantitative estimate of drug-likeness (QED) is 0.0186. The molecule has 0 fully saturated rings. The van der Waals surface area contributed by atoms with Gasteiger partial charge in [-0.15, -0.1) is 0 Å². The van der Waals surface area contributed by atoms with Gasteiger partial charge in [0.1, 0.15) is 6.61 Å². The van der Waals surface area contributed by atoms with Crippen molar-refractivity contribution in [3.63, 3.8) is 0 Å². The first-order chi connectivity index (χ1) is 24.7. The summed E-state index contributed by atoms with van der Waals surface area (Å²) in [7, 11) is -4.42. The lowest BCUT2D eigenvalue weighted by Crippen LogP contribution is -2.29. The van der Waals surface area contributed by atoms with Crippen LogP contribution in [0.5, 0.6) is 0 Å². The summed E-state index contributed by atoms with van der Waals surface area (Å²) in [5.41, 5.74) is 5.32. The van der Waals surface area contributed by atoms with Gasteiger partial charge in [0, 0.05) is 19.4 Å². The van der Waals surface area contributed by atoms with Gasteiger partial charge in [0.15, 0.2) is 6.10 Å². The molecular weight excluding hydrogens is 669 g/mol. The number of phosphoric ester groups is 1. The molecule has 11 heteroatoms. The van der Waals surface area contributed by atoms with E-state index in [1.54, 1.807) is 12.2 Å². The maximum atomic E-state index is 12.5. The van der Waals surface area contributed by atoms with Crippen LogP contribution in [0.25, 0.3) is 0 Å². The lowest BCUT2D eigenvalue weighted by molar-refractivity contribution is -0.161. The largest absolute Gasteiger partial charge is 0.472 e. The van der Waals surface area contributed by atoms with Crippen molar-refractivity contribution >= 4 is 19.8 Å². The fourth-order valence-corrected chi connectivity index (χ4v) is 5.85. The molecule has 10 nitrogen and oxygen atoms in total. The Morgan fingerprint density at radius 1 is 0.686 bits per heavy atom. The standard InChI is InChI=1S/C40H72NO9P/c1-3-5-7-9-11-13-15-17-18-20-22-24-26-29-37(42)30-28-32-39(43)47-35-38(36-49-51(45,46)48-34-33-41)50-40(44)31-27-25-23-21-19-16-14-12-10-8-6-4-2/h11,13,17-18,22,24,26,29,37-38,42H,3-10,12,14-16,19-21,23,25,27-28,30-36,41H2,1-2H3,(H,45,46)/b13-11-,18-17-,24-22-,29-26+/t37-,38-/m1/s1. The Morgan fingerprint density at radius 2 is 1.25 bits per heavy atom. The Balaban J connectivity index is 4.41. The van der Waals surface area contributed by atoms with Crippen LogP contribution in [-0.4, -0.2) is 60.5 Å². The van der Waals surface area contributed by atoms with Crippen LogP contribution in [0.1, 0.15) is 155 Å². The van der Waals surface area contributed by atoms with Crippen molar-refractivity contribution in [3.05, 3.63) is 48.6 Å². The highest BCUT2D eigenvalue weighted by Gasteiger charge is 2.26. The highest BCUT2D eigenvalue weighted by molar-refractivity contribution is 7.47. The number of aliphatic hydroxyl groups is 1. The first-order valence-electron chi connectivity index (χ1n) is 19.7. The Bertz CT molecular complexity index is 998. The monoisotopic (exact) mass is 741 g/mol. The zero-order valence-electron chi connectivity index (χ0n) is 31.9. The molecule has 4 N–H and O–H groups in total. The molecule has 3 atom stereocenters. The predicted molar refractivity (Wildman–Crippen MR) is 207 cm³/mol. The van der Waals surface area contributed by atoms with Crippen molar-refractivity contribution in [1.82, 2.24) is 0 Å². The van der Waals surface area contributed by atoms with E-state index in [-0.39, 0.29) is 32.6 Å². The minimum Gasteiger partial charge on any atom is -0.462 e. The van der Waals surface area contributed by atoms with Gasteiger partial charge in [0.2, 0.25) is 0 Å². The van der Waals surface area contributed by atoms with Crippen molar-refractivity contribution in [2.24, 2.45) is 5.73 Å². The van der Waals surface area contributed by atoms with Gasteiger partial charge >= 0.3 is 19.8 Å². The molecule has 0 aromatic heterocycles. The molecule has 0 spiro atoms. The number of ether oxygens (including phenoxy) is 2. The number of esters is 2. The van der Waals surface area contributed by atoms with E-state index in [1.807, 2.05) is 12.2 Å². The van der Waals surface area contributed by atoms with Gasteiger partial charge < -0.3 is 25.2 Å². The number of phosphoric acid groups is 1. The number of nitrogens with two attached hydrogens (primary N) is 1. The second kappa shape index (κ2) is 36.3. The number of carbonyl (C=O) groups is 2. The van der Waals surface area contributed by atoms with Crippen LogP contribution in [0.2, 0.25) is 0 Å². The number of rotatable bonds is 36. The van der Waals surface area contributed by atoms with E-state index >= 15 is 0 Å². The molecule has 0 aliphatic rings. The third-order valence-electron chi connectivity index (χ3n) is 8.07. The third-order valence-corrected chi connectivity index (χ3v) is 9.06. The lowest BCUT2D eigenvalue weighted by atomic mass is 10.0. The minimum atomic E-state index is -4.42. The highest BCUT2D eigenvalue weighted by Crippen LogP contribution is 2.43. The molecule has 0 bridgehead atoms. The summed E-state index contributed by atoms with van der Waals surface area (Å²) in [4.78, 5) is 34.7. The molecule has 0 amide bonds. The molecule has 0 heterocycles. The number of hydrogen-bond donors (Lipinski definition) is 3. The number of allylic oxidation sites excluding steroid dienone is 7. The third kappa shape index (κ3) is 36.1. The normalized spacial score (nSPS) is 14.5. The molecule has 0 rings (SSSR count). The van der Waals surface area contributed by atoms with Gasteiger partial charge in [-0.05, 0) is 44.9 Å². The second-order valence-corrected chi connectivity index (χ2v) is 14.5. The van der Waals surface area contributed by atoms with Crippen molar-refractivity contribution in [2.75, 3.05) is 26.4 Å². The van der Waals surface area contributed by atoms with Crippen LogP contribution >= 0.6 is 7.82 Å². The van der Waals surface area contributed by atoms with E-state index in [0.29, 0.717) is 19.3 Å². The SMILES string of the molecule is CCCCC/C=C\C/C=C\C/C=C\C=C\[C@@H](O)CCCC(=O)OC[C@H](COP(=O)(O)OCCN)OC(=O)CCCCCCCCCCCCCC. The Morgan fingerprint density at radius 3 is 1.90 bits per heavy atom. The van der Waals surface area contributed by atoms with Crippen molar-refractivity contribution < 1.29 is 42.7 Å². The lowest BCUT2D eigenvalue weighted by Gasteiger charge is -2.20. The van der Waals surface area contributed by atoms with Crippen LogP contribution in [0, 0.1) is 0 Å². The van der Waals surface area contributed by atoms with Gasteiger partial charge in [-0.25, -0.2) is 4.57 Å². The van der Waals surface area contributed by atoms with Crippen LogP contribution in [-0.2, 0) is 32.7 Å². The first kappa shape index (κ1) is 48.9. The highest BCUT2D eigenvalue weighted by atomic mass is 31.2. The van der Waals surface area contributed by atoms with Crippen molar-refractivity contribution in [2.45, 2.75) is 167 Å². The maximum absolute atomic E-state index is 12.5. The summed E-state index contributed by atoms with van der Waals surface area (Å²) in [6, 6.07) is 0. The molecule has 296 valence electrons. The topological polar surface area (TPSA) is 155 Å². The van der Waals surface area contributed by atoms with E-state index in [1.165, 1.54) is 70.6 Å². The predicted octanol–water partition coefficient (Wildman–Crippen LogP) is 9.74. The fourth-order valence-electron chi connectivity index (χ4n) is 5.09. The second-order valence-electron chi connectivity index (χ2n) is 13.0. The van der Waals surface area contributed by atoms with Gasteiger partial charge in [0.05, 0.1) is 19.3 Å². The van der Waals surface area contributed by atoms with E-state index in [2.05, 4.69) is 38.2 Å². The molecule has 0 aromatic carbocycles. The molecule has 0 aliphatic heterocycles. The Kier molecular flexibility index (Phi) is 34.8. The van der Waals surface area contributed by atoms with Crippen molar-refractivity contribution in [1.29, 1.82) is 0 Å². The summed E-state index contributed by atoms with van der Waals surface area (Å²) < 4.78 is 32.5. The van der Waals surface area contributed by atoms with Crippen molar-refractivity contribution in [3.8, 4) is 0 Å². The van der Waals surface area contributed by atoms with Gasteiger partial charge in [0.25, 0.3) is 0 Å². The van der Waals surface area contributed by atoms with Crippen LogP contribution in [0.3, 0.4) is 0 Å². The molecule has 0 saturated heterocycles. The molecule has 0 saturated carbocycles. The average Bonchev–Trinajstić information content (AvgIpc) is 3.11. The van der Waals surface area contributed by atoms with E-state index in [4.69, 9.17) is 24.3 Å². The van der Waals surface area contributed by atoms with Gasteiger partial charge in [-0.2, -0.15) is 0 Å². The Labute approximate surface area is 309 Å². The summed E-state index contributed by atoms with van der Waals surface area (Å²) in [5, 5.41) is 10.2. The van der Waals surface area contributed by atoms with E-state index in [9.17, 15) is 24.2 Å². The zero-order valence-corrected chi connectivity index (χ0v) is 32.8. The van der Waals surface area contributed by atoms with E-state index in [0.717, 1.165) is 38.5 Å². The first-order valence-corrected chi connectivity index (χ1v) is 21.2. The summed E-state index contributed by atoms with van der Waals surface area (Å²) >= 11 is 0. The maximum Gasteiger partial charge on any atom is 0.472 e. The number of carbonyl (C=O) groups excluding carboxylic acids is 2. The van der Waals surface area contributed by atoms with Crippen LogP contribution in [0.15, 0.2) is 48.6 Å². The number of hydrogen-bond acceptors (Lipinski definition) is 9. The number of aliphatic hydroxyl groups excluding tert-OH is 1. The molecule has 0 aromatic rings. The smallest absolute Gasteiger partial charge is 0.462 e.